The maximum atomic E-state index is 12.6. The van der Waals surface area contributed by atoms with Gasteiger partial charge in [0.25, 0.3) is 5.91 Å². The average Bonchev–Trinajstić information content (AvgIpc) is 2.65. The monoisotopic (exact) mass is 406 g/mol. The van der Waals surface area contributed by atoms with Crippen LogP contribution in [-0.2, 0) is 19.6 Å². The standard InChI is InChI=1S/C19H22N2O6S/c1-13(2)21(15-7-5-4-6-8-15)18(22)12-27-19(23)14-9-10-16(26-3)17(11-14)28(20,24)25/h4-11,13H,12H2,1-3H3,(H2,20,24,25). The largest absolute Gasteiger partial charge is 0.495 e. The maximum Gasteiger partial charge on any atom is 0.338 e. The lowest BCUT2D eigenvalue weighted by Crippen LogP contribution is -2.39. The first-order valence-corrected chi connectivity index (χ1v) is 9.95. The quantitative estimate of drug-likeness (QED) is 0.703. The van der Waals surface area contributed by atoms with E-state index >= 15 is 0 Å². The summed E-state index contributed by atoms with van der Waals surface area (Å²) in [6, 6.07) is 12.5. The van der Waals surface area contributed by atoms with Gasteiger partial charge in [-0.2, -0.15) is 0 Å². The first kappa shape index (κ1) is 21.4. The molecule has 0 aliphatic heterocycles. The maximum absolute atomic E-state index is 12.6. The van der Waals surface area contributed by atoms with Crippen LogP contribution in [0.1, 0.15) is 24.2 Å². The minimum absolute atomic E-state index is 0.00480. The number of para-hydroxylation sites is 1. The molecule has 0 saturated carbocycles. The highest BCUT2D eigenvalue weighted by atomic mass is 32.2. The summed E-state index contributed by atoms with van der Waals surface area (Å²) in [5, 5.41) is 5.14. The van der Waals surface area contributed by atoms with Crippen LogP contribution in [0, 0.1) is 0 Å². The van der Waals surface area contributed by atoms with Crippen molar-refractivity contribution in [2.75, 3.05) is 18.6 Å². The predicted molar refractivity (Wildman–Crippen MR) is 104 cm³/mol. The molecule has 2 aromatic rings. The summed E-state index contributed by atoms with van der Waals surface area (Å²) in [4.78, 5) is 26.0. The van der Waals surface area contributed by atoms with Crippen LogP contribution in [0.15, 0.2) is 53.4 Å². The van der Waals surface area contributed by atoms with Gasteiger partial charge >= 0.3 is 5.97 Å². The van der Waals surface area contributed by atoms with Crippen molar-refractivity contribution in [3.05, 3.63) is 54.1 Å². The van der Waals surface area contributed by atoms with Gasteiger partial charge in [0.15, 0.2) is 6.61 Å². The molecule has 0 aromatic heterocycles. The van der Waals surface area contributed by atoms with E-state index in [2.05, 4.69) is 0 Å². The minimum atomic E-state index is -4.10. The van der Waals surface area contributed by atoms with Crippen molar-refractivity contribution in [1.82, 2.24) is 0 Å². The van der Waals surface area contributed by atoms with Crippen molar-refractivity contribution in [3.8, 4) is 5.75 Å². The first-order chi connectivity index (χ1) is 13.1. The zero-order valence-electron chi connectivity index (χ0n) is 15.8. The van der Waals surface area contributed by atoms with Gasteiger partial charge in [-0.25, -0.2) is 18.4 Å². The van der Waals surface area contributed by atoms with Crippen LogP contribution in [-0.4, -0.2) is 40.1 Å². The molecule has 2 N–H and O–H groups in total. The van der Waals surface area contributed by atoms with Crippen LogP contribution < -0.4 is 14.8 Å². The smallest absolute Gasteiger partial charge is 0.338 e. The van der Waals surface area contributed by atoms with Crippen molar-refractivity contribution < 1.29 is 27.5 Å². The zero-order chi connectivity index (χ0) is 20.9. The number of benzene rings is 2. The van der Waals surface area contributed by atoms with Crippen LogP contribution >= 0.6 is 0 Å². The zero-order valence-corrected chi connectivity index (χ0v) is 16.6. The molecular weight excluding hydrogens is 384 g/mol. The SMILES string of the molecule is COc1ccc(C(=O)OCC(=O)N(c2ccccc2)C(C)C)cc1S(N)(=O)=O. The fourth-order valence-corrected chi connectivity index (χ4v) is 3.35. The van der Waals surface area contributed by atoms with Crippen LogP contribution in [0.3, 0.4) is 0 Å². The molecule has 0 fully saturated rings. The van der Waals surface area contributed by atoms with E-state index in [0.717, 1.165) is 6.07 Å². The van der Waals surface area contributed by atoms with E-state index < -0.39 is 28.5 Å². The average molecular weight is 406 g/mol. The highest BCUT2D eigenvalue weighted by molar-refractivity contribution is 7.89. The van der Waals surface area contributed by atoms with E-state index in [0.29, 0.717) is 5.69 Å². The third-order valence-electron chi connectivity index (χ3n) is 3.85. The fourth-order valence-electron chi connectivity index (χ4n) is 2.62. The van der Waals surface area contributed by atoms with Crippen molar-refractivity contribution >= 4 is 27.6 Å². The highest BCUT2D eigenvalue weighted by Crippen LogP contribution is 2.24. The number of primary sulfonamides is 1. The molecule has 8 nitrogen and oxygen atoms in total. The second-order valence-corrected chi connectivity index (χ2v) is 7.71. The Bertz CT molecular complexity index is 958. The van der Waals surface area contributed by atoms with Crippen LogP contribution in [0.2, 0.25) is 0 Å². The van der Waals surface area contributed by atoms with Crippen molar-refractivity contribution in [3.63, 3.8) is 0 Å². The molecule has 0 bridgehead atoms. The molecule has 0 unspecified atom stereocenters. The number of hydrogen-bond acceptors (Lipinski definition) is 6. The molecule has 0 saturated heterocycles. The molecule has 0 heterocycles. The Morgan fingerprint density at radius 3 is 2.29 bits per heavy atom. The Morgan fingerprint density at radius 2 is 1.75 bits per heavy atom. The van der Waals surface area contributed by atoms with E-state index in [1.54, 1.807) is 24.3 Å². The third kappa shape index (κ3) is 5.08. The molecule has 0 aliphatic rings. The van der Waals surface area contributed by atoms with E-state index in [1.807, 2.05) is 19.9 Å². The Kier molecular flexibility index (Phi) is 6.76. The van der Waals surface area contributed by atoms with Gasteiger partial charge in [0.2, 0.25) is 10.0 Å². The number of carbonyl (C=O) groups is 2. The molecule has 0 radical (unpaired) electrons. The molecular formula is C19H22N2O6S. The van der Waals surface area contributed by atoms with Gasteiger partial charge in [0, 0.05) is 11.7 Å². The summed E-state index contributed by atoms with van der Waals surface area (Å²) in [6.07, 6.45) is 0. The summed E-state index contributed by atoms with van der Waals surface area (Å²) in [6.45, 7) is 3.19. The third-order valence-corrected chi connectivity index (χ3v) is 4.78. The molecule has 1 amide bonds. The van der Waals surface area contributed by atoms with Crippen molar-refractivity contribution in [2.24, 2.45) is 5.14 Å². The van der Waals surface area contributed by atoms with Gasteiger partial charge in [0.05, 0.1) is 12.7 Å². The number of rotatable bonds is 7. The number of nitrogens with zero attached hydrogens (tertiary/aromatic N) is 1. The number of esters is 1. The topological polar surface area (TPSA) is 116 Å². The molecule has 2 rings (SSSR count). The van der Waals surface area contributed by atoms with Gasteiger partial charge in [-0.1, -0.05) is 18.2 Å². The first-order valence-electron chi connectivity index (χ1n) is 8.40. The van der Waals surface area contributed by atoms with Crippen LogP contribution in [0.5, 0.6) is 5.75 Å². The number of carbonyl (C=O) groups excluding carboxylic acids is 2. The molecule has 2 aromatic carbocycles. The van der Waals surface area contributed by atoms with Crippen LogP contribution in [0.25, 0.3) is 0 Å². The molecule has 9 heteroatoms. The van der Waals surface area contributed by atoms with E-state index in [1.165, 1.54) is 24.1 Å². The van der Waals surface area contributed by atoms with E-state index in [9.17, 15) is 18.0 Å². The Hall–Kier alpha value is -2.91. The lowest BCUT2D eigenvalue weighted by atomic mass is 10.2. The molecule has 0 spiro atoms. The summed E-state index contributed by atoms with van der Waals surface area (Å²) >= 11 is 0. The summed E-state index contributed by atoms with van der Waals surface area (Å²) in [5.41, 5.74) is 0.618. The summed E-state index contributed by atoms with van der Waals surface area (Å²) < 4.78 is 33.3. The number of nitrogens with two attached hydrogens (primary N) is 1. The number of hydrogen-bond donors (Lipinski definition) is 1. The second-order valence-electron chi connectivity index (χ2n) is 6.18. The van der Waals surface area contributed by atoms with E-state index in [4.69, 9.17) is 14.6 Å². The Labute approximate surface area is 163 Å². The normalized spacial score (nSPS) is 11.2. The number of sulfonamides is 1. The van der Waals surface area contributed by atoms with E-state index in [-0.39, 0.29) is 22.3 Å². The second kappa shape index (κ2) is 8.85. The number of ether oxygens (including phenoxy) is 2. The molecule has 0 atom stereocenters. The van der Waals surface area contributed by atoms with Gasteiger partial charge < -0.3 is 14.4 Å². The van der Waals surface area contributed by atoms with Gasteiger partial charge in [-0.15, -0.1) is 0 Å². The Morgan fingerprint density at radius 1 is 1.11 bits per heavy atom. The number of amides is 1. The van der Waals surface area contributed by atoms with Gasteiger partial charge in [-0.3, -0.25) is 4.79 Å². The lowest BCUT2D eigenvalue weighted by molar-refractivity contribution is -0.122. The predicted octanol–water partition coefficient (Wildman–Crippen LogP) is 1.94. The fraction of sp³-hybridized carbons (Fsp3) is 0.263. The van der Waals surface area contributed by atoms with Crippen molar-refractivity contribution in [1.29, 1.82) is 0 Å². The number of anilines is 1. The highest BCUT2D eigenvalue weighted by Gasteiger charge is 2.22. The minimum Gasteiger partial charge on any atom is -0.495 e. The molecule has 28 heavy (non-hydrogen) atoms. The lowest BCUT2D eigenvalue weighted by Gasteiger charge is -2.26. The molecule has 0 aliphatic carbocycles. The van der Waals surface area contributed by atoms with Crippen LogP contribution in [0.4, 0.5) is 5.69 Å². The van der Waals surface area contributed by atoms with Crippen molar-refractivity contribution in [2.45, 2.75) is 24.8 Å². The van der Waals surface area contributed by atoms with Gasteiger partial charge in [0.1, 0.15) is 10.6 Å². The summed E-state index contributed by atoms with van der Waals surface area (Å²) in [5.74, 6) is -1.25. The van der Waals surface area contributed by atoms with Gasteiger partial charge in [-0.05, 0) is 44.2 Å². The number of methoxy groups -OCH3 is 1. The summed E-state index contributed by atoms with van der Waals surface area (Å²) in [7, 11) is -2.82. The molecule has 150 valence electrons. The Balaban J connectivity index is 2.16.